The molecule has 0 fully saturated rings. The van der Waals surface area contributed by atoms with Crippen molar-refractivity contribution < 1.29 is 14.3 Å². The van der Waals surface area contributed by atoms with E-state index in [-0.39, 0.29) is 11.8 Å². The Balaban J connectivity index is 1.26. The van der Waals surface area contributed by atoms with Crippen LogP contribution < -0.4 is 14.8 Å². The molecule has 6 rings (SSSR count). The summed E-state index contributed by atoms with van der Waals surface area (Å²) < 4.78 is 12.3. The van der Waals surface area contributed by atoms with E-state index in [0.29, 0.717) is 25.3 Å². The fraction of sp³-hybridized carbons (Fsp3) is 0.240. The number of hydrogen-bond acceptors (Lipinski definition) is 5. The third kappa shape index (κ3) is 3.36. The van der Waals surface area contributed by atoms with Crippen molar-refractivity contribution in [3.63, 3.8) is 0 Å². The lowest BCUT2D eigenvalue weighted by Crippen LogP contribution is -2.20. The van der Waals surface area contributed by atoms with Gasteiger partial charge >= 0.3 is 0 Å². The standard InChI is InChI=1S/C25H22N4O3/c1-14-2-5-19-20(10-14)28-24(27-19)16-11-15-12-17(3-6-21(15)31-13-16)32-22-8-9-26-25-18(22)4-7-23(30)29-25/h2-3,5-6,8-10,12,16H,4,7,11,13H2,1H3,(H,27,28)(H,26,29,30). The average Bonchev–Trinajstić information content (AvgIpc) is 3.22. The van der Waals surface area contributed by atoms with Gasteiger partial charge in [0.05, 0.1) is 23.6 Å². The highest BCUT2D eigenvalue weighted by atomic mass is 16.5. The maximum absolute atomic E-state index is 11.7. The molecule has 7 nitrogen and oxygen atoms in total. The Bertz CT molecular complexity index is 1360. The highest BCUT2D eigenvalue weighted by molar-refractivity contribution is 5.93. The second-order valence-electron chi connectivity index (χ2n) is 8.41. The highest BCUT2D eigenvalue weighted by Gasteiger charge is 2.25. The molecule has 0 saturated heterocycles. The first-order valence-electron chi connectivity index (χ1n) is 10.8. The quantitative estimate of drug-likeness (QED) is 0.497. The van der Waals surface area contributed by atoms with Crippen molar-refractivity contribution in [3.8, 4) is 17.2 Å². The number of pyridine rings is 1. The lowest BCUT2D eigenvalue weighted by molar-refractivity contribution is -0.116. The first-order chi connectivity index (χ1) is 15.6. The fourth-order valence-electron chi connectivity index (χ4n) is 4.42. The number of nitrogens with one attached hydrogen (secondary N) is 2. The van der Waals surface area contributed by atoms with E-state index in [1.54, 1.807) is 6.20 Å². The van der Waals surface area contributed by atoms with Crippen LogP contribution in [0.1, 0.15) is 34.9 Å². The summed E-state index contributed by atoms with van der Waals surface area (Å²) in [7, 11) is 0. The summed E-state index contributed by atoms with van der Waals surface area (Å²) in [6.07, 6.45) is 3.52. The van der Waals surface area contributed by atoms with E-state index in [1.807, 2.05) is 24.3 Å². The predicted molar refractivity (Wildman–Crippen MR) is 120 cm³/mol. The van der Waals surface area contributed by atoms with Crippen LogP contribution in [0.5, 0.6) is 17.2 Å². The molecule has 2 aliphatic heterocycles. The maximum atomic E-state index is 11.7. The number of aromatic amines is 1. The SMILES string of the molecule is Cc1ccc2[nH]c(C3COc4ccc(Oc5ccnc6c5CCC(=O)N6)cc4C3)nc2c1. The molecule has 7 heteroatoms. The molecule has 2 aromatic carbocycles. The van der Waals surface area contributed by atoms with Crippen molar-refractivity contribution in [2.75, 3.05) is 11.9 Å². The number of nitrogens with zero attached hydrogens (tertiary/aromatic N) is 2. The van der Waals surface area contributed by atoms with Crippen LogP contribution in [-0.2, 0) is 17.6 Å². The van der Waals surface area contributed by atoms with Crippen LogP contribution in [0.15, 0.2) is 48.7 Å². The van der Waals surface area contributed by atoms with Gasteiger partial charge < -0.3 is 19.8 Å². The smallest absolute Gasteiger partial charge is 0.225 e. The number of rotatable bonds is 3. The zero-order valence-electron chi connectivity index (χ0n) is 17.6. The van der Waals surface area contributed by atoms with Gasteiger partial charge in [-0.2, -0.15) is 0 Å². The van der Waals surface area contributed by atoms with Crippen molar-refractivity contribution in [3.05, 3.63) is 71.2 Å². The van der Waals surface area contributed by atoms with E-state index < -0.39 is 0 Å². The zero-order valence-corrected chi connectivity index (χ0v) is 17.6. The predicted octanol–water partition coefficient (Wildman–Crippen LogP) is 4.66. The summed E-state index contributed by atoms with van der Waals surface area (Å²) in [4.78, 5) is 24.2. The summed E-state index contributed by atoms with van der Waals surface area (Å²) in [5, 5.41) is 2.81. The Morgan fingerprint density at radius 2 is 2.06 bits per heavy atom. The van der Waals surface area contributed by atoms with Gasteiger partial charge in [0.2, 0.25) is 5.91 Å². The number of carbonyl (C=O) groups is 1. The van der Waals surface area contributed by atoms with Gasteiger partial charge in [0.1, 0.15) is 28.9 Å². The third-order valence-electron chi connectivity index (χ3n) is 6.08. The van der Waals surface area contributed by atoms with E-state index in [2.05, 4.69) is 40.4 Å². The van der Waals surface area contributed by atoms with E-state index >= 15 is 0 Å². The van der Waals surface area contributed by atoms with Crippen LogP contribution in [0.2, 0.25) is 0 Å². The summed E-state index contributed by atoms with van der Waals surface area (Å²) in [5.41, 5.74) is 5.24. The molecule has 160 valence electrons. The number of anilines is 1. The summed E-state index contributed by atoms with van der Waals surface area (Å²) in [5.74, 6) is 4.00. The Hall–Kier alpha value is -3.87. The Labute approximate surface area is 184 Å². The molecule has 0 aliphatic carbocycles. The molecule has 0 spiro atoms. The molecule has 1 unspecified atom stereocenters. The molecule has 1 atom stereocenters. The number of carbonyl (C=O) groups excluding carboxylic acids is 1. The van der Waals surface area contributed by atoms with Crippen LogP contribution >= 0.6 is 0 Å². The molecular weight excluding hydrogens is 404 g/mol. The van der Waals surface area contributed by atoms with Crippen LogP contribution in [0.3, 0.4) is 0 Å². The van der Waals surface area contributed by atoms with E-state index in [9.17, 15) is 4.79 Å². The van der Waals surface area contributed by atoms with E-state index in [4.69, 9.17) is 14.5 Å². The molecule has 4 heterocycles. The van der Waals surface area contributed by atoms with Crippen LogP contribution in [0.4, 0.5) is 5.82 Å². The second-order valence-corrected chi connectivity index (χ2v) is 8.41. The Morgan fingerprint density at radius 3 is 3.00 bits per heavy atom. The minimum atomic E-state index is -0.0140. The second kappa shape index (κ2) is 7.37. The summed E-state index contributed by atoms with van der Waals surface area (Å²) >= 11 is 0. The molecule has 2 aliphatic rings. The van der Waals surface area contributed by atoms with Gasteiger partial charge in [0.15, 0.2) is 0 Å². The van der Waals surface area contributed by atoms with Gasteiger partial charge in [-0.15, -0.1) is 0 Å². The number of H-pyrrole nitrogens is 1. The monoisotopic (exact) mass is 426 g/mol. The van der Waals surface area contributed by atoms with Crippen molar-refractivity contribution >= 4 is 22.8 Å². The number of amides is 1. The van der Waals surface area contributed by atoms with Crippen molar-refractivity contribution in [2.24, 2.45) is 0 Å². The number of aryl methyl sites for hydroxylation is 1. The van der Waals surface area contributed by atoms with Gasteiger partial charge in [0, 0.05) is 18.2 Å². The molecule has 2 N–H and O–H groups in total. The molecule has 0 bridgehead atoms. The first-order valence-corrected chi connectivity index (χ1v) is 10.8. The van der Waals surface area contributed by atoms with Crippen LogP contribution in [-0.4, -0.2) is 27.5 Å². The molecule has 1 amide bonds. The first kappa shape index (κ1) is 18.9. The summed E-state index contributed by atoms with van der Waals surface area (Å²) in [6, 6.07) is 14.0. The number of aromatic nitrogens is 3. The molecule has 2 aromatic heterocycles. The van der Waals surface area contributed by atoms with Gasteiger partial charge in [-0.25, -0.2) is 9.97 Å². The maximum Gasteiger partial charge on any atom is 0.225 e. The number of ether oxygens (including phenoxy) is 2. The minimum Gasteiger partial charge on any atom is -0.493 e. The number of imidazole rings is 1. The Kier molecular flexibility index (Phi) is 4.35. The Morgan fingerprint density at radius 1 is 1.12 bits per heavy atom. The number of benzene rings is 2. The zero-order chi connectivity index (χ0) is 21.7. The molecule has 4 aromatic rings. The van der Waals surface area contributed by atoms with Crippen molar-refractivity contribution in [1.29, 1.82) is 0 Å². The lowest BCUT2D eigenvalue weighted by Gasteiger charge is -2.25. The van der Waals surface area contributed by atoms with Gasteiger partial charge in [-0.3, -0.25) is 4.79 Å². The van der Waals surface area contributed by atoms with Crippen molar-refractivity contribution in [1.82, 2.24) is 15.0 Å². The van der Waals surface area contributed by atoms with Crippen LogP contribution in [0, 0.1) is 6.92 Å². The minimum absolute atomic E-state index is 0.0140. The third-order valence-corrected chi connectivity index (χ3v) is 6.08. The molecular formula is C25H22N4O3. The van der Waals surface area contributed by atoms with Gasteiger partial charge in [-0.05, 0) is 67.3 Å². The number of hydrogen-bond donors (Lipinski definition) is 2. The van der Waals surface area contributed by atoms with E-state index in [0.717, 1.165) is 51.7 Å². The van der Waals surface area contributed by atoms with Gasteiger partial charge in [-0.1, -0.05) is 6.07 Å². The van der Waals surface area contributed by atoms with E-state index in [1.165, 1.54) is 5.56 Å². The molecule has 0 radical (unpaired) electrons. The lowest BCUT2D eigenvalue weighted by atomic mass is 9.96. The van der Waals surface area contributed by atoms with Crippen molar-refractivity contribution in [2.45, 2.75) is 32.1 Å². The fourth-order valence-corrected chi connectivity index (χ4v) is 4.42. The number of fused-ring (bicyclic) bond motifs is 3. The summed E-state index contributed by atoms with van der Waals surface area (Å²) in [6.45, 7) is 2.66. The highest BCUT2D eigenvalue weighted by Crippen LogP contribution is 2.37. The molecule has 32 heavy (non-hydrogen) atoms. The largest absolute Gasteiger partial charge is 0.493 e. The topological polar surface area (TPSA) is 89.1 Å². The average molecular weight is 426 g/mol. The molecule has 0 saturated carbocycles. The van der Waals surface area contributed by atoms with Crippen LogP contribution in [0.25, 0.3) is 11.0 Å². The van der Waals surface area contributed by atoms with Gasteiger partial charge in [0.25, 0.3) is 0 Å². The normalized spacial score (nSPS) is 17.3.